The molecule has 0 bridgehead atoms. The number of aryl methyl sites for hydroxylation is 1. The Kier molecular flexibility index (Phi) is 4.39. The van der Waals surface area contributed by atoms with Crippen molar-refractivity contribution >= 4 is 17.4 Å². The minimum absolute atomic E-state index is 0.127. The van der Waals surface area contributed by atoms with Gasteiger partial charge in [0, 0.05) is 5.56 Å². The fourth-order valence-corrected chi connectivity index (χ4v) is 1.91. The van der Waals surface area contributed by atoms with Crippen molar-refractivity contribution in [3.05, 3.63) is 64.2 Å². The Bertz CT molecular complexity index is 672. The lowest BCUT2D eigenvalue weighted by Crippen LogP contribution is -2.12. The number of hydrogen-bond acceptors (Lipinski definition) is 3. The molecule has 0 atom stereocenters. The van der Waals surface area contributed by atoms with Crippen LogP contribution in [0.15, 0.2) is 42.5 Å². The van der Waals surface area contributed by atoms with Crippen LogP contribution < -0.4 is 4.74 Å². The van der Waals surface area contributed by atoms with E-state index >= 15 is 0 Å². The summed E-state index contributed by atoms with van der Waals surface area (Å²) in [5, 5.41) is 9.33. The van der Waals surface area contributed by atoms with Crippen molar-refractivity contribution in [1.29, 1.82) is 5.26 Å². The van der Waals surface area contributed by atoms with Crippen LogP contribution >= 0.6 is 11.6 Å². The summed E-state index contributed by atoms with van der Waals surface area (Å²) >= 11 is 5.89. The highest BCUT2D eigenvalue weighted by Gasteiger charge is 2.11. The Labute approximate surface area is 122 Å². The summed E-state index contributed by atoms with van der Waals surface area (Å²) in [6.45, 7) is 1.83. The van der Waals surface area contributed by atoms with Gasteiger partial charge in [0.25, 0.3) is 0 Å². The lowest BCUT2D eigenvalue weighted by atomic mass is 10.1. The Morgan fingerprint density at radius 2 is 1.95 bits per heavy atom. The lowest BCUT2D eigenvalue weighted by Gasteiger charge is -2.08. The molecule has 0 unspecified atom stereocenters. The van der Waals surface area contributed by atoms with Crippen molar-refractivity contribution in [3.8, 4) is 11.8 Å². The van der Waals surface area contributed by atoms with Gasteiger partial charge in [0.15, 0.2) is 12.4 Å². The van der Waals surface area contributed by atoms with Gasteiger partial charge in [-0.3, -0.25) is 4.79 Å². The number of carbonyl (C=O) groups excluding carboxylic acids is 1. The van der Waals surface area contributed by atoms with E-state index in [1.54, 1.807) is 30.3 Å². The van der Waals surface area contributed by atoms with E-state index < -0.39 is 0 Å². The first-order chi connectivity index (χ1) is 9.61. The molecule has 0 N–H and O–H groups in total. The molecule has 0 aromatic heterocycles. The van der Waals surface area contributed by atoms with E-state index in [4.69, 9.17) is 21.6 Å². The number of ether oxygens (including phenoxy) is 1. The Balaban J connectivity index is 2.10. The molecular weight excluding hydrogens is 274 g/mol. The highest BCUT2D eigenvalue weighted by Crippen LogP contribution is 2.25. The van der Waals surface area contributed by atoms with E-state index in [9.17, 15) is 4.79 Å². The minimum atomic E-state index is -0.145. The van der Waals surface area contributed by atoms with Crippen LogP contribution in [0.5, 0.6) is 5.75 Å². The molecular formula is C16H12ClNO2. The largest absolute Gasteiger partial charge is 0.484 e. The topological polar surface area (TPSA) is 50.1 Å². The number of ketones is 1. The molecule has 100 valence electrons. The van der Waals surface area contributed by atoms with E-state index in [1.165, 1.54) is 0 Å². The molecule has 0 saturated heterocycles. The maximum atomic E-state index is 12.0. The highest BCUT2D eigenvalue weighted by molar-refractivity contribution is 6.31. The molecule has 0 spiro atoms. The third kappa shape index (κ3) is 3.17. The van der Waals surface area contributed by atoms with Crippen molar-refractivity contribution in [3.63, 3.8) is 0 Å². The maximum absolute atomic E-state index is 12.0. The molecule has 0 fully saturated rings. The van der Waals surface area contributed by atoms with Gasteiger partial charge in [-0.05, 0) is 19.1 Å². The molecule has 0 heterocycles. The Hall–Kier alpha value is -2.31. The van der Waals surface area contributed by atoms with Crippen LogP contribution in [0.1, 0.15) is 21.5 Å². The maximum Gasteiger partial charge on any atom is 0.200 e. The fraction of sp³-hybridized carbons (Fsp3) is 0.125. The summed E-state index contributed by atoms with van der Waals surface area (Å²) in [7, 11) is 0. The van der Waals surface area contributed by atoms with E-state index in [0.717, 1.165) is 5.56 Å². The average molecular weight is 286 g/mol. The molecule has 2 aromatic carbocycles. The highest BCUT2D eigenvalue weighted by atomic mass is 35.5. The minimum Gasteiger partial charge on any atom is -0.484 e. The van der Waals surface area contributed by atoms with Gasteiger partial charge in [0.2, 0.25) is 0 Å². The Morgan fingerprint density at radius 1 is 1.25 bits per heavy atom. The zero-order valence-corrected chi connectivity index (χ0v) is 11.6. The molecule has 4 heteroatoms. The van der Waals surface area contributed by atoms with Gasteiger partial charge in [-0.15, -0.1) is 0 Å². The van der Waals surface area contributed by atoms with Crippen LogP contribution in [0.3, 0.4) is 0 Å². The van der Waals surface area contributed by atoms with Crippen LogP contribution in [-0.4, -0.2) is 12.4 Å². The van der Waals surface area contributed by atoms with Crippen molar-refractivity contribution in [1.82, 2.24) is 0 Å². The third-order valence-corrected chi connectivity index (χ3v) is 3.13. The number of nitrogens with zero attached hydrogens (tertiary/aromatic N) is 1. The second kappa shape index (κ2) is 6.23. The standard InChI is InChI=1S/C16H12ClNO2/c1-11-5-7-12(8-6-11)15(19)10-20-16-4-2-3-14(17)13(16)9-18/h2-8H,10H2,1H3. The van der Waals surface area contributed by atoms with Crippen LogP contribution in [0.25, 0.3) is 0 Å². The molecule has 0 amide bonds. The summed E-state index contributed by atoms with van der Waals surface area (Å²) in [6.07, 6.45) is 0. The summed E-state index contributed by atoms with van der Waals surface area (Å²) in [5.41, 5.74) is 1.91. The van der Waals surface area contributed by atoms with Crippen LogP contribution in [0, 0.1) is 18.3 Å². The molecule has 0 aliphatic carbocycles. The first kappa shape index (κ1) is 14.1. The third-order valence-electron chi connectivity index (χ3n) is 2.82. The van der Waals surface area contributed by atoms with Gasteiger partial charge in [-0.25, -0.2) is 0 Å². The molecule has 0 aliphatic rings. The number of halogens is 1. The van der Waals surface area contributed by atoms with Gasteiger partial charge >= 0.3 is 0 Å². The Morgan fingerprint density at radius 3 is 2.60 bits per heavy atom. The van der Waals surface area contributed by atoms with E-state index in [2.05, 4.69) is 0 Å². The van der Waals surface area contributed by atoms with Crippen LogP contribution in [0.2, 0.25) is 5.02 Å². The first-order valence-corrected chi connectivity index (χ1v) is 6.41. The molecule has 20 heavy (non-hydrogen) atoms. The average Bonchev–Trinajstić information content (AvgIpc) is 2.45. The van der Waals surface area contributed by atoms with Gasteiger partial charge in [0.1, 0.15) is 17.4 Å². The summed E-state index contributed by atoms with van der Waals surface area (Å²) in [4.78, 5) is 12.0. The van der Waals surface area contributed by atoms with Crippen LogP contribution in [0.4, 0.5) is 0 Å². The van der Waals surface area contributed by atoms with Gasteiger partial charge < -0.3 is 4.74 Å². The van der Waals surface area contributed by atoms with E-state index in [1.807, 2.05) is 25.1 Å². The molecule has 0 radical (unpaired) electrons. The SMILES string of the molecule is Cc1ccc(C(=O)COc2cccc(Cl)c2C#N)cc1. The first-order valence-electron chi connectivity index (χ1n) is 6.03. The summed E-state index contributed by atoms with van der Waals surface area (Å²) in [5.74, 6) is 0.175. The van der Waals surface area contributed by atoms with E-state index in [0.29, 0.717) is 16.3 Å². The molecule has 2 aromatic rings. The van der Waals surface area contributed by atoms with Crippen molar-refractivity contribution in [2.45, 2.75) is 6.92 Å². The van der Waals surface area contributed by atoms with Gasteiger partial charge in [-0.2, -0.15) is 5.26 Å². The second-order valence-corrected chi connectivity index (χ2v) is 4.71. The molecule has 2 rings (SSSR count). The number of Topliss-reactive ketones (excluding diaryl/α,β-unsaturated/α-hetero) is 1. The number of rotatable bonds is 4. The fourth-order valence-electron chi connectivity index (χ4n) is 1.70. The number of benzene rings is 2. The number of carbonyl (C=O) groups is 1. The second-order valence-electron chi connectivity index (χ2n) is 4.30. The van der Waals surface area contributed by atoms with Crippen molar-refractivity contribution in [2.75, 3.05) is 6.61 Å². The van der Waals surface area contributed by atoms with Crippen molar-refractivity contribution in [2.24, 2.45) is 0 Å². The molecule has 3 nitrogen and oxygen atoms in total. The normalized spacial score (nSPS) is 9.85. The van der Waals surface area contributed by atoms with Gasteiger partial charge in [-0.1, -0.05) is 47.5 Å². The zero-order chi connectivity index (χ0) is 14.5. The predicted octanol–water partition coefficient (Wildman–Crippen LogP) is 3.78. The summed E-state index contributed by atoms with van der Waals surface area (Å²) < 4.78 is 5.40. The van der Waals surface area contributed by atoms with Crippen LogP contribution in [-0.2, 0) is 0 Å². The number of nitriles is 1. The predicted molar refractivity (Wildman–Crippen MR) is 77.2 cm³/mol. The quantitative estimate of drug-likeness (QED) is 0.803. The molecule has 0 aliphatic heterocycles. The zero-order valence-electron chi connectivity index (χ0n) is 10.9. The molecule has 0 saturated carbocycles. The monoisotopic (exact) mass is 285 g/mol. The smallest absolute Gasteiger partial charge is 0.200 e. The lowest BCUT2D eigenvalue weighted by molar-refractivity contribution is 0.0921. The summed E-state index contributed by atoms with van der Waals surface area (Å²) in [6, 6.07) is 14.1. The number of hydrogen-bond donors (Lipinski definition) is 0. The van der Waals surface area contributed by atoms with Gasteiger partial charge in [0.05, 0.1) is 5.02 Å². The van der Waals surface area contributed by atoms with Crippen molar-refractivity contribution < 1.29 is 9.53 Å². The van der Waals surface area contributed by atoms with E-state index in [-0.39, 0.29) is 18.0 Å².